The molecule has 2 heterocycles. The Labute approximate surface area is 96.9 Å². The van der Waals surface area contributed by atoms with Gasteiger partial charge in [0.15, 0.2) is 6.23 Å². The molecule has 1 aliphatic rings. The van der Waals surface area contributed by atoms with Gasteiger partial charge in [0.2, 0.25) is 0 Å². The standard InChI is InChI=1S/C10H14N2O5/c1-5-11-7(14)2-3-12(5)10-9(16)8(15)6(4-13)17-10/h2-3,6,8-10,13,15-16H,4H2,1H3/t6-,8-,9-,10?/m1/s1. The van der Waals surface area contributed by atoms with E-state index < -0.39 is 24.5 Å². The van der Waals surface area contributed by atoms with Crippen LogP contribution in [-0.4, -0.2) is 49.8 Å². The van der Waals surface area contributed by atoms with Crippen LogP contribution in [0, 0.1) is 6.92 Å². The number of hydrogen-bond acceptors (Lipinski definition) is 6. The maximum atomic E-state index is 11.0. The summed E-state index contributed by atoms with van der Waals surface area (Å²) >= 11 is 0. The van der Waals surface area contributed by atoms with E-state index in [0.29, 0.717) is 5.82 Å². The minimum Gasteiger partial charge on any atom is -0.394 e. The summed E-state index contributed by atoms with van der Waals surface area (Å²) in [5, 5.41) is 28.4. The van der Waals surface area contributed by atoms with Gasteiger partial charge >= 0.3 is 0 Å². The maximum Gasteiger partial charge on any atom is 0.272 e. The van der Waals surface area contributed by atoms with Crippen molar-refractivity contribution in [3.8, 4) is 0 Å². The topological polar surface area (TPSA) is 105 Å². The summed E-state index contributed by atoms with van der Waals surface area (Å²) in [6.07, 6.45) is -2.59. The molecule has 0 bridgehead atoms. The molecule has 94 valence electrons. The highest BCUT2D eigenvalue weighted by molar-refractivity contribution is 4.97. The van der Waals surface area contributed by atoms with Gasteiger partial charge in [0, 0.05) is 12.3 Å². The van der Waals surface area contributed by atoms with Crippen molar-refractivity contribution in [2.75, 3.05) is 6.61 Å². The lowest BCUT2D eigenvalue weighted by Gasteiger charge is -2.19. The molecule has 0 spiro atoms. The van der Waals surface area contributed by atoms with Gasteiger partial charge in [-0.1, -0.05) is 0 Å². The minimum absolute atomic E-state index is 0.368. The molecule has 1 fully saturated rings. The van der Waals surface area contributed by atoms with Crippen LogP contribution in [-0.2, 0) is 4.74 Å². The molecule has 1 aliphatic heterocycles. The molecule has 2 rings (SSSR count). The molecule has 1 aromatic rings. The van der Waals surface area contributed by atoms with E-state index in [1.54, 1.807) is 6.92 Å². The van der Waals surface area contributed by atoms with Crippen LogP contribution in [0.15, 0.2) is 17.1 Å². The summed E-state index contributed by atoms with van der Waals surface area (Å²) in [6, 6.07) is 1.24. The molecule has 0 radical (unpaired) electrons. The monoisotopic (exact) mass is 242 g/mol. The van der Waals surface area contributed by atoms with Gasteiger partial charge in [-0.25, -0.2) is 0 Å². The summed E-state index contributed by atoms with van der Waals surface area (Å²) in [5.74, 6) is 0.368. The van der Waals surface area contributed by atoms with Gasteiger partial charge in [0.25, 0.3) is 5.56 Å². The van der Waals surface area contributed by atoms with Crippen LogP contribution in [0.25, 0.3) is 0 Å². The van der Waals surface area contributed by atoms with Gasteiger partial charge in [0.1, 0.15) is 24.1 Å². The Kier molecular flexibility index (Phi) is 3.25. The van der Waals surface area contributed by atoms with E-state index in [1.807, 2.05) is 0 Å². The molecule has 17 heavy (non-hydrogen) atoms. The molecule has 7 heteroatoms. The average molecular weight is 242 g/mol. The van der Waals surface area contributed by atoms with Crippen LogP contribution >= 0.6 is 0 Å². The molecular weight excluding hydrogens is 228 g/mol. The van der Waals surface area contributed by atoms with Crippen LogP contribution in [0.1, 0.15) is 12.1 Å². The molecular formula is C10H14N2O5. The number of aryl methyl sites for hydroxylation is 1. The lowest BCUT2D eigenvalue weighted by molar-refractivity contribution is -0.0544. The summed E-state index contributed by atoms with van der Waals surface area (Å²) in [7, 11) is 0. The van der Waals surface area contributed by atoms with Crippen LogP contribution < -0.4 is 5.56 Å². The van der Waals surface area contributed by atoms with E-state index in [9.17, 15) is 15.0 Å². The van der Waals surface area contributed by atoms with E-state index in [0.717, 1.165) is 0 Å². The zero-order valence-corrected chi connectivity index (χ0v) is 9.22. The third-order valence-corrected chi connectivity index (χ3v) is 2.81. The second kappa shape index (κ2) is 4.53. The fraction of sp³-hybridized carbons (Fsp3) is 0.600. The zero-order valence-electron chi connectivity index (χ0n) is 9.22. The van der Waals surface area contributed by atoms with Crippen molar-refractivity contribution in [1.82, 2.24) is 9.55 Å². The highest BCUT2D eigenvalue weighted by Crippen LogP contribution is 2.29. The smallest absolute Gasteiger partial charge is 0.272 e. The number of aromatic nitrogens is 2. The molecule has 1 saturated heterocycles. The summed E-state index contributed by atoms with van der Waals surface area (Å²) in [6.45, 7) is 1.21. The van der Waals surface area contributed by atoms with Crippen molar-refractivity contribution in [1.29, 1.82) is 0 Å². The number of aliphatic hydroxyl groups is 3. The second-order valence-electron chi connectivity index (χ2n) is 3.95. The van der Waals surface area contributed by atoms with Gasteiger partial charge in [-0.15, -0.1) is 0 Å². The average Bonchev–Trinajstić information content (AvgIpc) is 2.57. The third-order valence-electron chi connectivity index (χ3n) is 2.81. The fourth-order valence-corrected chi connectivity index (χ4v) is 1.89. The molecule has 0 aliphatic carbocycles. The summed E-state index contributed by atoms with van der Waals surface area (Å²) in [4.78, 5) is 14.7. The SMILES string of the molecule is Cc1nc(=O)ccn1C1O[C@H](CO)[C@@H](O)[C@H]1O. The number of rotatable bonds is 2. The Morgan fingerprint density at radius 2 is 2.18 bits per heavy atom. The first-order chi connectivity index (χ1) is 8.04. The molecule has 4 atom stereocenters. The third kappa shape index (κ3) is 2.09. The Balaban J connectivity index is 2.32. The summed E-state index contributed by atoms with van der Waals surface area (Å²) in [5.41, 5.74) is -0.384. The van der Waals surface area contributed by atoms with E-state index in [-0.39, 0.29) is 12.2 Å². The lowest BCUT2D eigenvalue weighted by atomic mass is 10.1. The fourth-order valence-electron chi connectivity index (χ4n) is 1.89. The number of ether oxygens (including phenoxy) is 1. The predicted molar refractivity (Wildman–Crippen MR) is 56.2 cm³/mol. The number of hydrogen-bond donors (Lipinski definition) is 3. The van der Waals surface area contributed by atoms with Crippen molar-refractivity contribution in [2.24, 2.45) is 0 Å². The Morgan fingerprint density at radius 1 is 1.47 bits per heavy atom. The largest absolute Gasteiger partial charge is 0.394 e. The minimum atomic E-state index is -1.17. The zero-order chi connectivity index (χ0) is 12.6. The molecule has 7 nitrogen and oxygen atoms in total. The van der Waals surface area contributed by atoms with Crippen LogP contribution in [0.2, 0.25) is 0 Å². The molecule has 1 aromatic heterocycles. The van der Waals surface area contributed by atoms with E-state index in [4.69, 9.17) is 9.84 Å². The normalized spacial score (nSPS) is 32.9. The quantitative estimate of drug-likeness (QED) is 0.563. The molecule has 0 saturated carbocycles. The van der Waals surface area contributed by atoms with E-state index in [2.05, 4.69) is 4.98 Å². The van der Waals surface area contributed by atoms with E-state index in [1.165, 1.54) is 16.8 Å². The van der Waals surface area contributed by atoms with Crippen LogP contribution in [0.4, 0.5) is 0 Å². The number of nitrogens with zero attached hydrogens (tertiary/aromatic N) is 2. The van der Waals surface area contributed by atoms with Crippen molar-refractivity contribution in [3.63, 3.8) is 0 Å². The Hall–Kier alpha value is -1.28. The van der Waals surface area contributed by atoms with Crippen molar-refractivity contribution in [2.45, 2.75) is 31.5 Å². The van der Waals surface area contributed by atoms with Gasteiger partial charge < -0.3 is 24.6 Å². The Bertz CT molecular complexity index is 460. The summed E-state index contributed by atoms with van der Waals surface area (Å²) < 4.78 is 6.76. The number of aliphatic hydroxyl groups excluding tert-OH is 3. The first kappa shape index (κ1) is 12.2. The van der Waals surface area contributed by atoms with Gasteiger partial charge in [-0.2, -0.15) is 4.98 Å². The molecule has 0 amide bonds. The lowest BCUT2D eigenvalue weighted by Crippen LogP contribution is -2.33. The second-order valence-corrected chi connectivity index (χ2v) is 3.95. The van der Waals surface area contributed by atoms with Crippen molar-refractivity contribution >= 4 is 0 Å². The van der Waals surface area contributed by atoms with E-state index >= 15 is 0 Å². The van der Waals surface area contributed by atoms with Crippen molar-refractivity contribution in [3.05, 3.63) is 28.4 Å². The first-order valence-electron chi connectivity index (χ1n) is 5.23. The molecule has 1 unspecified atom stereocenters. The maximum absolute atomic E-state index is 11.0. The predicted octanol–water partition coefficient (Wildman–Crippen LogP) is -1.84. The van der Waals surface area contributed by atoms with Crippen molar-refractivity contribution < 1.29 is 20.1 Å². The van der Waals surface area contributed by atoms with Gasteiger partial charge in [-0.05, 0) is 6.92 Å². The highest BCUT2D eigenvalue weighted by Gasteiger charge is 2.43. The molecule has 0 aromatic carbocycles. The first-order valence-corrected chi connectivity index (χ1v) is 5.23. The Morgan fingerprint density at radius 3 is 2.71 bits per heavy atom. The highest BCUT2D eigenvalue weighted by atomic mass is 16.6. The molecule has 3 N–H and O–H groups in total. The van der Waals surface area contributed by atoms with Crippen LogP contribution in [0.3, 0.4) is 0 Å². The van der Waals surface area contributed by atoms with Gasteiger partial charge in [0.05, 0.1) is 6.61 Å². The van der Waals surface area contributed by atoms with Gasteiger partial charge in [-0.3, -0.25) is 4.79 Å². The van der Waals surface area contributed by atoms with Crippen LogP contribution in [0.5, 0.6) is 0 Å².